The van der Waals surface area contributed by atoms with Crippen LogP contribution >= 0.6 is 11.3 Å². The number of aromatic nitrogens is 2. The van der Waals surface area contributed by atoms with Crippen LogP contribution in [0, 0.1) is 0 Å². The summed E-state index contributed by atoms with van der Waals surface area (Å²) < 4.78 is 12.5. The van der Waals surface area contributed by atoms with Gasteiger partial charge in [-0.25, -0.2) is 4.98 Å². The zero-order valence-corrected chi connectivity index (χ0v) is 10.1. The van der Waals surface area contributed by atoms with Gasteiger partial charge in [0, 0.05) is 17.1 Å². The first-order valence-corrected chi connectivity index (χ1v) is 6.31. The average Bonchev–Trinajstić information content (AvgIpc) is 3.05. The summed E-state index contributed by atoms with van der Waals surface area (Å²) in [6.07, 6.45) is 1.93. The van der Waals surface area contributed by atoms with Crippen molar-refractivity contribution in [3.8, 4) is 22.8 Å². The van der Waals surface area contributed by atoms with Crippen LogP contribution in [-0.4, -0.2) is 16.2 Å². The molecule has 6 heteroatoms. The molecule has 0 saturated carbocycles. The van der Waals surface area contributed by atoms with Crippen LogP contribution in [0.1, 0.15) is 0 Å². The molecule has 4 rings (SSSR count). The summed E-state index contributed by atoms with van der Waals surface area (Å²) >= 11 is 1.53. The first-order valence-electron chi connectivity index (χ1n) is 5.43. The summed E-state index contributed by atoms with van der Waals surface area (Å²) in [7, 11) is 0. The van der Waals surface area contributed by atoms with Gasteiger partial charge in [-0.2, -0.15) is 0 Å². The molecule has 0 radical (unpaired) electrons. The highest BCUT2D eigenvalue weighted by Crippen LogP contribution is 2.36. The highest BCUT2D eigenvalue weighted by molar-refractivity contribution is 7.15. The molecule has 0 fully saturated rings. The fraction of sp³-hybridized carbons (Fsp3) is 0.0833. The number of thiazole rings is 1. The second-order valence-corrected chi connectivity index (χ2v) is 4.84. The van der Waals surface area contributed by atoms with Crippen LogP contribution in [0.2, 0.25) is 0 Å². The summed E-state index contributed by atoms with van der Waals surface area (Å²) in [6.45, 7) is 0.282. The SMILES string of the molecule is Nc1csc2nc(-c3ccc4c(c3)OCO4)cn12. The number of nitrogen functional groups attached to an aromatic ring is 1. The predicted molar refractivity (Wildman–Crippen MR) is 69.0 cm³/mol. The third-order valence-corrected chi connectivity index (χ3v) is 3.76. The van der Waals surface area contributed by atoms with E-state index in [-0.39, 0.29) is 6.79 Å². The Kier molecular flexibility index (Phi) is 1.84. The van der Waals surface area contributed by atoms with Gasteiger partial charge < -0.3 is 15.2 Å². The van der Waals surface area contributed by atoms with Gasteiger partial charge in [-0.15, -0.1) is 11.3 Å². The molecule has 0 unspecified atom stereocenters. The maximum absolute atomic E-state index is 5.85. The van der Waals surface area contributed by atoms with Crippen LogP contribution < -0.4 is 15.2 Å². The molecule has 0 aliphatic carbocycles. The number of fused-ring (bicyclic) bond motifs is 2. The molecule has 1 aliphatic rings. The van der Waals surface area contributed by atoms with Crippen LogP contribution in [0.3, 0.4) is 0 Å². The number of hydrogen-bond donors (Lipinski definition) is 1. The van der Waals surface area contributed by atoms with Crippen molar-refractivity contribution in [3.63, 3.8) is 0 Å². The average molecular weight is 259 g/mol. The van der Waals surface area contributed by atoms with E-state index in [9.17, 15) is 0 Å². The van der Waals surface area contributed by atoms with Crippen molar-refractivity contribution in [3.05, 3.63) is 29.8 Å². The standard InChI is InChI=1S/C12H9N3O2S/c13-11-5-18-12-14-8(4-15(11)12)7-1-2-9-10(3-7)17-6-16-9/h1-5H,6,13H2. The van der Waals surface area contributed by atoms with E-state index in [1.54, 1.807) is 0 Å². The van der Waals surface area contributed by atoms with E-state index in [1.165, 1.54) is 11.3 Å². The maximum atomic E-state index is 5.85. The van der Waals surface area contributed by atoms with Gasteiger partial charge in [0.15, 0.2) is 16.5 Å². The smallest absolute Gasteiger partial charge is 0.231 e. The fourth-order valence-electron chi connectivity index (χ4n) is 2.00. The fourth-order valence-corrected chi connectivity index (χ4v) is 2.76. The molecule has 0 saturated heterocycles. The number of ether oxygens (including phenoxy) is 2. The summed E-state index contributed by atoms with van der Waals surface area (Å²) in [4.78, 5) is 5.42. The van der Waals surface area contributed by atoms with E-state index < -0.39 is 0 Å². The Hall–Kier alpha value is -2.21. The molecule has 1 aliphatic heterocycles. The third kappa shape index (κ3) is 1.29. The van der Waals surface area contributed by atoms with Crippen molar-refractivity contribution in [2.45, 2.75) is 0 Å². The minimum Gasteiger partial charge on any atom is -0.454 e. The monoisotopic (exact) mass is 259 g/mol. The number of nitrogens with zero attached hydrogens (tertiary/aromatic N) is 2. The molecule has 2 aromatic heterocycles. The molecular weight excluding hydrogens is 250 g/mol. The molecular formula is C12H9N3O2S. The number of benzene rings is 1. The zero-order valence-electron chi connectivity index (χ0n) is 9.29. The normalized spacial score (nSPS) is 13.3. The Morgan fingerprint density at radius 3 is 3.06 bits per heavy atom. The second-order valence-electron chi connectivity index (χ2n) is 4.01. The van der Waals surface area contributed by atoms with E-state index in [0.29, 0.717) is 5.82 Å². The van der Waals surface area contributed by atoms with E-state index in [4.69, 9.17) is 15.2 Å². The first-order chi connectivity index (χ1) is 8.81. The number of nitrogens with two attached hydrogens (primary N) is 1. The highest BCUT2D eigenvalue weighted by Gasteiger charge is 2.15. The number of anilines is 1. The Bertz CT molecular complexity index is 747. The lowest BCUT2D eigenvalue weighted by molar-refractivity contribution is 0.174. The van der Waals surface area contributed by atoms with E-state index >= 15 is 0 Å². The lowest BCUT2D eigenvalue weighted by atomic mass is 10.1. The summed E-state index contributed by atoms with van der Waals surface area (Å²) in [5.74, 6) is 2.24. The summed E-state index contributed by atoms with van der Waals surface area (Å²) in [6, 6.07) is 5.80. The second kappa shape index (κ2) is 3.39. The van der Waals surface area contributed by atoms with Crippen molar-refractivity contribution >= 4 is 22.1 Å². The number of hydrogen-bond acceptors (Lipinski definition) is 5. The molecule has 0 atom stereocenters. The molecule has 18 heavy (non-hydrogen) atoms. The van der Waals surface area contributed by atoms with E-state index in [1.807, 2.05) is 34.2 Å². The quantitative estimate of drug-likeness (QED) is 0.728. The van der Waals surface area contributed by atoms with Gasteiger partial charge in [-0.3, -0.25) is 4.40 Å². The Balaban J connectivity index is 1.86. The summed E-state index contributed by atoms with van der Waals surface area (Å²) in [5, 5.41) is 1.88. The van der Waals surface area contributed by atoms with Gasteiger partial charge >= 0.3 is 0 Å². The molecule has 0 spiro atoms. The molecule has 3 heterocycles. The van der Waals surface area contributed by atoms with Crippen molar-refractivity contribution in [1.82, 2.24) is 9.38 Å². The van der Waals surface area contributed by atoms with Gasteiger partial charge in [0.1, 0.15) is 5.82 Å². The van der Waals surface area contributed by atoms with Gasteiger partial charge in [-0.1, -0.05) is 0 Å². The molecule has 1 aromatic carbocycles. The third-order valence-electron chi connectivity index (χ3n) is 2.91. The van der Waals surface area contributed by atoms with Crippen molar-refractivity contribution in [2.24, 2.45) is 0 Å². The van der Waals surface area contributed by atoms with Crippen LogP contribution in [0.25, 0.3) is 16.2 Å². The molecule has 2 N–H and O–H groups in total. The minimum absolute atomic E-state index is 0.282. The van der Waals surface area contributed by atoms with Crippen molar-refractivity contribution in [1.29, 1.82) is 0 Å². The minimum atomic E-state index is 0.282. The summed E-state index contributed by atoms with van der Waals surface area (Å²) in [5.41, 5.74) is 7.72. The van der Waals surface area contributed by atoms with Crippen LogP contribution in [0.15, 0.2) is 29.8 Å². The Morgan fingerprint density at radius 2 is 2.17 bits per heavy atom. The topological polar surface area (TPSA) is 61.8 Å². The largest absolute Gasteiger partial charge is 0.454 e. The van der Waals surface area contributed by atoms with Crippen LogP contribution in [0.5, 0.6) is 11.5 Å². The molecule has 0 amide bonds. The van der Waals surface area contributed by atoms with Crippen LogP contribution in [-0.2, 0) is 0 Å². The molecule has 5 nitrogen and oxygen atoms in total. The number of rotatable bonds is 1. The zero-order chi connectivity index (χ0) is 12.1. The maximum Gasteiger partial charge on any atom is 0.231 e. The van der Waals surface area contributed by atoms with Gasteiger partial charge in [0.2, 0.25) is 6.79 Å². The number of imidazole rings is 1. The molecule has 3 aromatic rings. The predicted octanol–water partition coefficient (Wildman–Crippen LogP) is 2.37. The Labute approximate surface area is 106 Å². The van der Waals surface area contributed by atoms with Crippen molar-refractivity contribution < 1.29 is 9.47 Å². The lowest BCUT2D eigenvalue weighted by Gasteiger charge is -1.99. The highest BCUT2D eigenvalue weighted by atomic mass is 32.1. The van der Waals surface area contributed by atoms with E-state index in [2.05, 4.69) is 4.98 Å². The first kappa shape index (κ1) is 9.78. The molecule has 90 valence electrons. The Morgan fingerprint density at radius 1 is 1.28 bits per heavy atom. The van der Waals surface area contributed by atoms with Crippen molar-refractivity contribution in [2.75, 3.05) is 12.5 Å². The van der Waals surface area contributed by atoms with Crippen LogP contribution in [0.4, 0.5) is 5.82 Å². The van der Waals surface area contributed by atoms with Gasteiger partial charge in [-0.05, 0) is 18.2 Å². The van der Waals surface area contributed by atoms with Gasteiger partial charge in [0.05, 0.1) is 5.69 Å². The van der Waals surface area contributed by atoms with E-state index in [0.717, 1.165) is 27.7 Å². The van der Waals surface area contributed by atoms with Gasteiger partial charge in [0.25, 0.3) is 0 Å². The lowest BCUT2D eigenvalue weighted by Crippen LogP contribution is -1.92. The molecule has 0 bridgehead atoms.